The van der Waals surface area contributed by atoms with Crippen LogP contribution in [0.2, 0.25) is 0 Å². The van der Waals surface area contributed by atoms with Crippen LogP contribution in [0, 0.1) is 0 Å². The molecule has 5 heteroatoms. The minimum Gasteiger partial charge on any atom is -0.472 e. The van der Waals surface area contributed by atoms with E-state index >= 15 is 0 Å². The Morgan fingerprint density at radius 2 is 2.33 bits per heavy atom. The topological polar surface area (TPSA) is 81.1 Å². The average molecular weight is 203 g/mol. The smallest absolute Gasteiger partial charge is 0.260 e. The van der Waals surface area contributed by atoms with Crippen molar-refractivity contribution in [3.05, 3.63) is 42.5 Å². The van der Waals surface area contributed by atoms with E-state index in [4.69, 9.17) is 10.2 Å². The lowest BCUT2D eigenvalue weighted by atomic mass is 10.3. The summed E-state index contributed by atoms with van der Waals surface area (Å²) in [6.45, 7) is 0. The average Bonchev–Trinajstić information content (AvgIpc) is 2.74. The van der Waals surface area contributed by atoms with Crippen LogP contribution in [-0.2, 0) is 0 Å². The molecule has 0 aliphatic heterocycles. The van der Waals surface area contributed by atoms with Gasteiger partial charge in [-0.05, 0) is 18.2 Å². The molecule has 15 heavy (non-hydrogen) atoms. The molecule has 1 amide bonds. The number of anilines is 2. The van der Waals surface area contributed by atoms with Gasteiger partial charge in [0.25, 0.3) is 5.91 Å². The summed E-state index contributed by atoms with van der Waals surface area (Å²) in [7, 11) is 0. The van der Waals surface area contributed by atoms with E-state index in [1.165, 1.54) is 12.5 Å². The fourth-order valence-corrected chi connectivity index (χ4v) is 1.10. The van der Waals surface area contributed by atoms with Crippen LogP contribution in [0.1, 0.15) is 10.4 Å². The highest BCUT2D eigenvalue weighted by Crippen LogP contribution is 2.14. The zero-order valence-electron chi connectivity index (χ0n) is 7.81. The number of pyridine rings is 1. The number of nitrogens with zero attached hydrogens (tertiary/aromatic N) is 1. The molecule has 0 aliphatic rings. The number of nitrogens with two attached hydrogens (primary N) is 1. The Hall–Kier alpha value is -2.30. The Balaban J connectivity index is 2.17. The molecule has 0 saturated carbocycles. The highest BCUT2D eigenvalue weighted by Gasteiger charge is 2.09. The van der Waals surface area contributed by atoms with Gasteiger partial charge in [-0.2, -0.15) is 0 Å². The zero-order chi connectivity index (χ0) is 10.7. The van der Waals surface area contributed by atoms with Gasteiger partial charge in [0.15, 0.2) is 5.82 Å². The van der Waals surface area contributed by atoms with E-state index in [2.05, 4.69) is 10.3 Å². The summed E-state index contributed by atoms with van der Waals surface area (Å²) >= 11 is 0. The third-order valence-electron chi connectivity index (χ3n) is 1.85. The monoisotopic (exact) mass is 203 g/mol. The van der Waals surface area contributed by atoms with E-state index in [0.29, 0.717) is 17.1 Å². The number of nitrogen functional groups attached to an aromatic ring is 1. The van der Waals surface area contributed by atoms with Crippen molar-refractivity contribution in [2.75, 3.05) is 11.1 Å². The van der Waals surface area contributed by atoms with Crippen LogP contribution >= 0.6 is 0 Å². The van der Waals surface area contributed by atoms with E-state index in [9.17, 15) is 4.79 Å². The molecule has 0 radical (unpaired) electrons. The van der Waals surface area contributed by atoms with Gasteiger partial charge in [-0.15, -0.1) is 0 Å². The third kappa shape index (κ3) is 1.96. The van der Waals surface area contributed by atoms with Gasteiger partial charge in [-0.3, -0.25) is 4.79 Å². The molecule has 0 aliphatic carbocycles. The first-order valence-corrected chi connectivity index (χ1v) is 4.31. The van der Waals surface area contributed by atoms with Crippen molar-refractivity contribution in [2.24, 2.45) is 0 Å². The molecule has 0 atom stereocenters. The molecule has 76 valence electrons. The second-order valence-corrected chi connectivity index (χ2v) is 2.91. The molecule has 0 bridgehead atoms. The lowest BCUT2D eigenvalue weighted by Gasteiger charge is -2.04. The summed E-state index contributed by atoms with van der Waals surface area (Å²) < 4.78 is 4.79. The van der Waals surface area contributed by atoms with Crippen LogP contribution in [-0.4, -0.2) is 10.9 Å². The van der Waals surface area contributed by atoms with E-state index in [1.54, 1.807) is 24.4 Å². The SMILES string of the molecule is Nc1cccnc1NC(=O)c1ccoc1. The molecule has 2 aromatic heterocycles. The number of amides is 1. The molecule has 0 spiro atoms. The maximum atomic E-state index is 11.6. The van der Waals surface area contributed by atoms with E-state index < -0.39 is 0 Å². The van der Waals surface area contributed by atoms with Crippen LogP contribution in [0.25, 0.3) is 0 Å². The predicted octanol–water partition coefficient (Wildman–Crippen LogP) is 1.51. The number of rotatable bonds is 2. The van der Waals surface area contributed by atoms with Crippen molar-refractivity contribution in [3.63, 3.8) is 0 Å². The molecule has 5 nitrogen and oxygen atoms in total. The van der Waals surface area contributed by atoms with E-state index in [0.717, 1.165) is 0 Å². The summed E-state index contributed by atoms with van der Waals surface area (Å²) in [6, 6.07) is 4.93. The third-order valence-corrected chi connectivity index (χ3v) is 1.85. The molecule has 0 fully saturated rings. The van der Waals surface area contributed by atoms with Gasteiger partial charge < -0.3 is 15.5 Å². The minimum atomic E-state index is -0.297. The first kappa shape index (κ1) is 9.26. The second-order valence-electron chi connectivity index (χ2n) is 2.91. The second kappa shape index (κ2) is 3.83. The van der Waals surface area contributed by atoms with Crippen molar-refractivity contribution >= 4 is 17.4 Å². The number of carbonyl (C=O) groups excluding carboxylic acids is 1. The lowest BCUT2D eigenvalue weighted by molar-refractivity contribution is 0.102. The molecule has 0 aromatic carbocycles. The highest BCUT2D eigenvalue weighted by molar-refractivity contribution is 6.04. The van der Waals surface area contributed by atoms with Crippen molar-refractivity contribution in [3.8, 4) is 0 Å². The summed E-state index contributed by atoms with van der Waals surface area (Å²) in [4.78, 5) is 15.5. The largest absolute Gasteiger partial charge is 0.472 e. The summed E-state index contributed by atoms with van der Waals surface area (Å²) in [5, 5.41) is 2.58. The number of nitrogens with one attached hydrogen (secondary N) is 1. The van der Waals surface area contributed by atoms with Crippen LogP contribution in [0.3, 0.4) is 0 Å². The normalized spacial score (nSPS) is 9.87. The van der Waals surface area contributed by atoms with Crippen molar-refractivity contribution in [1.82, 2.24) is 4.98 Å². The molecule has 0 unspecified atom stereocenters. The van der Waals surface area contributed by atoms with Gasteiger partial charge in [-0.25, -0.2) is 4.98 Å². The van der Waals surface area contributed by atoms with Gasteiger partial charge >= 0.3 is 0 Å². The fraction of sp³-hybridized carbons (Fsp3) is 0. The van der Waals surface area contributed by atoms with Gasteiger partial charge in [0.05, 0.1) is 17.5 Å². The zero-order valence-corrected chi connectivity index (χ0v) is 7.81. The molecular formula is C10H9N3O2. The Morgan fingerprint density at radius 1 is 1.47 bits per heavy atom. The maximum absolute atomic E-state index is 11.6. The van der Waals surface area contributed by atoms with Crippen LogP contribution in [0.4, 0.5) is 11.5 Å². The van der Waals surface area contributed by atoms with Gasteiger partial charge in [0.1, 0.15) is 6.26 Å². The van der Waals surface area contributed by atoms with E-state index in [-0.39, 0.29) is 5.91 Å². The maximum Gasteiger partial charge on any atom is 0.260 e. The minimum absolute atomic E-state index is 0.297. The molecule has 2 aromatic rings. The van der Waals surface area contributed by atoms with Crippen molar-refractivity contribution < 1.29 is 9.21 Å². The first-order chi connectivity index (χ1) is 7.27. The first-order valence-electron chi connectivity index (χ1n) is 4.31. The fourth-order valence-electron chi connectivity index (χ4n) is 1.10. The Labute approximate surface area is 85.9 Å². The van der Waals surface area contributed by atoms with Gasteiger partial charge in [0, 0.05) is 6.20 Å². The number of hydrogen-bond acceptors (Lipinski definition) is 4. The highest BCUT2D eigenvalue weighted by atomic mass is 16.3. The van der Waals surface area contributed by atoms with Gasteiger partial charge in [0.2, 0.25) is 0 Å². The van der Waals surface area contributed by atoms with Crippen LogP contribution in [0.15, 0.2) is 41.3 Å². The Bertz CT molecular complexity index is 465. The lowest BCUT2D eigenvalue weighted by Crippen LogP contribution is -2.13. The molecule has 2 rings (SSSR count). The quantitative estimate of drug-likeness (QED) is 0.775. The van der Waals surface area contributed by atoms with E-state index in [1.807, 2.05) is 0 Å². The Morgan fingerprint density at radius 3 is 3.00 bits per heavy atom. The predicted molar refractivity (Wildman–Crippen MR) is 55.3 cm³/mol. The number of hydrogen-bond donors (Lipinski definition) is 2. The summed E-state index contributed by atoms with van der Waals surface area (Å²) in [5.41, 5.74) is 6.48. The molecule has 2 heterocycles. The number of furan rings is 1. The molecular weight excluding hydrogens is 194 g/mol. The summed E-state index contributed by atoms with van der Waals surface area (Å²) in [6.07, 6.45) is 4.34. The standard InChI is InChI=1S/C10H9N3O2/c11-8-2-1-4-12-9(8)13-10(14)7-3-5-15-6-7/h1-6H,11H2,(H,12,13,14). The van der Waals surface area contributed by atoms with Crippen molar-refractivity contribution in [2.45, 2.75) is 0 Å². The number of aromatic nitrogens is 1. The molecule has 3 N–H and O–H groups in total. The van der Waals surface area contributed by atoms with Gasteiger partial charge in [-0.1, -0.05) is 0 Å². The van der Waals surface area contributed by atoms with Crippen LogP contribution < -0.4 is 11.1 Å². The van der Waals surface area contributed by atoms with Crippen molar-refractivity contribution in [1.29, 1.82) is 0 Å². The Kier molecular flexibility index (Phi) is 2.37. The molecule has 0 saturated heterocycles. The van der Waals surface area contributed by atoms with Crippen LogP contribution in [0.5, 0.6) is 0 Å². The summed E-state index contributed by atoms with van der Waals surface area (Å²) in [5.74, 6) is 0.0536. The number of carbonyl (C=O) groups is 1.